The number of hydrogen-bond acceptors (Lipinski definition) is 3. The molecule has 1 aromatic heterocycles. The molecular formula is C18H24N2O. The first-order valence-corrected chi connectivity index (χ1v) is 7.61. The summed E-state index contributed by atoms with van der Waals surface area (Å²) in [6.45, 7) is 7.97. The SMILES string of the molecule is CCCNc1ncccc1COc1cccc(C(C)C)c1. The highest BCUT2D eigenvalue weighted by molar-refractivity contribution is 5.43. The Morgan fingerprint density at radius 3 is 2.81 bits per heavy atom. The molecule has 1 aromatic carbocycles. The number of hydrogen-bond donors (Lipinski definition) is 1. The van der Waals surface area contributed by atoms with Crippen molar-refractivity contribution in [3.8, 4) is 5.75 Å². The Morgan fingerprint density at radius 1 is 1.19 bits per heavy atom. The number of benzene rings is 1. The van der Waals surface area contributed by atoms with Crippen LogP contribution >= 0.6 is 0 Å². The van der Waals surface area contributed by atoms with Gasteiger partial charge >= 0.3 is 0 Å². The normalized spacial score (nSPS) is 10.7. The molecule has 2 rings (SSSR count). The van der Waals surface area contributed by atoms with Crippen molar-refractivity contribution in [2.75, 3.05) is 11.9 Å². The molecule has 1 N–H and O–H groups in total. The zero-order chi connectivity index (χ0) is 15.1. The molecule has 0 aliphatic rings. The molecule has 0 aliphatic carbocycles. The largest absolute Gasteiger partial charge is 0.489 e. The number of pyridine rings is 1. The summed E-state index contributed by atoms with van der Waals surface area (Å²) in [5, 5.41) is 3.34. The fourth-order valence-electron chi connectivity index (χ4n) is 2.08. The van der Waals surface area contributed by atoms with Crippen LogP contribution < -0.4 is 10.1 Å². The van der Waals surface area contributed by atoms with E-state index < -0.39 is 0 Å². The highest BCUT2D eigenvalue weighted by Gasteiger charge is 2.05. The molecule has 0 fully saturated rings. The number of nitrogens with one attached hydrogen (secondary N) is 1. The van der Waals surface area contributed by atoms with Crippen molar-refractivity contribution in [2.45, 2.75) is 39.7 Å². The Labute approximate surface area is 127 Å². The van der Waals surface area contributed by atoms with Crippen LogP contribution in [0.15, 0.2) is 42.6 Å². The maximum atomic E-state index is 5.92. The summed E-state index contributed by atoms with van der Waals surface area (Å²) in [5.74, 6) is 2.33. The van der Waals surface area contributed by atoms with Gasteiger partial charge in [-0.3, -0.25) is 0 Å². The van der Waals surface area contributed by atoms with Gasteiger partial charge in [0.25, 0.3) is 0 Å². The molecule has 3 heteroatoms. The van der Waals surface area contributed by atoms with Crippen molar-refractivity contribution in [1.29, 1.82) is 0 Å². The van der Waals surface area contributed by atoms with Gasteiger partial charge in [-0.05, 0) is 36.1 Å². The summed E-state index contributed by atoms with van der Waals surface area (Å²) in [4.78, 5) is 4.38. The minimum atomic E-state index is 0.508. The number of aromatic nitrogens is 1. The van der Waals surface area contributed by atoms with Crippen molar-refractivity contribution >= 4 is 5.82 Å². The summed E-state index contributed by atoms with van der Waals surface area (Å²) >= 11 is 0. The second-order valence-electron chi connectivity index (χ2n) is 5.45. The molecule has 0 unspecified atom stereocenters. The molecule has 21 heavy (non-hydrogen) atoms. The van der Waals surface area contributed by atoms with E-state index >= 15 is 0 Å². The number of nitrogens with zero attached hydrogens (tertiary/aromatic N) is 1. The zero-order valence-corrected chi connectivity index (χ0v) is 13.1. The molecule has 0 spiro atoms. The van der Waals surface area contributed by atoms with E-state index in [2.05, 4.69) is 49.3 Å². The Balaban J connectivity index is 2.04. The lowest BCUT2D eigenvalue weighted by Crippen LogP contribution is -2.07. The van der Waals surface area contributed by atoms with Crippen molar-refractivity contribution < 1.29 is 4.74 Å². The average molecular weight is 284 g/mol. The van der Waals surface area contributed by atoms with Gasteiger partial charge in [-0.25, -0.2) is 4.98 Å². The van der Waals surface area contributed by atoms with E-state index in [0.717, 1.165) is 30.1 Å². The summed E-state index contributed by atoms with van der Waals surface area (Å²) in [7, 11) is 0. The molecule has 0 atom stereocenters. The number of rotatable bonds is 7. The summed E-state index contributed by atoms with van der Waals surface area (Å²) in [5.41, 5.74) is 2.38. The summed E-state index contributed by atoms with van der Waals surface area (Å²) in [6.07, 6.45) is 2.88. The smallest absolute Gasteiger partial charge is 0.132 e. The summed E-state index contributed by atoms with van der Waals surface area (Å²) < 4.78 is 5.92. The standard InChI is InChI=1S/C18H24N2O/c1-4-10-19-18-16(8-6-11-20-18)13-21-17-9-5-7-15(12-17)14(2)3/h5-9,11-12,14H,4,10,13H2,1-3H3,(H,19,20). The van der Waals surface area contributed by atoms with E-state index in [-0.39, 0.29) is 0 Å². The first kappa shape index (κ1) is 15.4. The van der Waals surface area contributed by atoms with Crippen LogP contribution in [0.2, 0.25) is 0 Å². The third-order valence-corrected chi connectivity index (χ3v) is 3.35. The predicted octanol–water partition coefficient (Wildman–Crippen LogP) is 4.61. The monoisotopic (exact) mass is 284 g/mol. The Hall–Kier alpha value is -2.03. The van der Waals surface area contributed by atoms with Gasteiger partial charge < -0.3 is 10.1 Å². The van der Waals surface area contributed by atoms with Gasteiger partial charge in [0.2, 0.25) is 0 Å². The van der Waals surface area contributed by atoms with Crippen molar-refractivity contribution in [3.05, 3.63) is 53.7 Å². The second-order valence-corrected chi connectivity index (χ2v) is 5.45. The van der Waals surface area contributed by atoms with Crippen LogP contribution in [0.4, 0.5) is 5.82 Å². The van der Waals surface area contributed by atoms with Crippen molar-refractivity contribution in [1.82, 2.24) is 4.98 Å². The van der Waals surface area contributed by atoms with Crippen LogP contribution in [0.3, 0.4) is 0 Å². The second kappa shape index (κ2) is 7.67. The molecule has 1 heterocycles. The van der Waals surface area contributed by atoms with E-state index in [0.29, 0.717) is 12.5 Å². The highest BCUT2D eigenvalue weighted by atomic mass is 16.5. The molecule has 112 valence electrons. The minimum absolute atomic E-state index is 0.508. The van der Waals surface area contributed by atoms with E-state index in [9.17, 15) is 0 Å². The van der Waals surface area contributed by atoms with Gasteiger partial charge in [0, 0.05) is 18.3 Å². The van der Waals surface area contributed by atoms with Crippen LogP contribution in [0.25, 0.3) is 0 Å². The predicted molar refractivity (Wildman–Crippen MR) is 87.9 cm³/mol. The molecule has 0 aliphatic heterocycles. The fourth-order valence-corrected chi connectivity index (χ4v) is 2.08. The molecule has 0 saturated carbocycles. The van der Waals surface area contributed by atoms with Crippen LogP contribution in [0.5, 0.6) is 5.75 Å². The third-order valence-electron chi connectivity index (χ3n) is 3.35. The topological polar surface area (TPSA) is 34.2 Å². The van der Waals surface area contributed by atoms with Gasteiger partial charge in [-0.15, -0.1) is 0 Å². The van der Waals surface area contributed by atoms with E-state index in [1.165, 1.54) is 5.56 Å². The lowest BCUT2D eigenvalue weighted by molar-refractivity contribution is 0.306. The average Bonchev–Trinajstić information content (AvgIpc) is 2.52. The number of anilines is 1. The lowest BCUT2D eigenvalue weighted by Gasteiger charge is -2.13. The third kappa shape index (κ3) is 4.48. The maximum absolute atomic E-state index is 5.92. The Kier molecular flexibility index (Phi) is 5.61. The van der Waals surface area contributed by atoms with E-state index in [1.54, 1.807) is 6.20 Å². The van der Waals surface area contributed by atoms with E-state index in [4.69, 9.17) is 4.74 Å². The molecule has 0 radical (unpaired) electrons. The van der Waals surface area contributed by atoms with Gasteiger partial charge in [0.15, 0.2) is 0 Å². The first-order valence-electron chi connectivity index (χ1n) is 7.61. The van der Waals surface area contributed by atoms with Crippen molar-refractivity contribution in [2.24, 2.45) is 0 Å². The fraction of sp³-hybridized carbons (Fsp3) is 0.389. The minimum Gasteiger partial charge on any atom is -0.489 e. The van der Waals surface area contributed by atoms with Gasteiger partial charge in [-0.1, -0.05) is 39.0 Å². The van der Waals surface area contributed by atoms with Crippen LogP contribution in [-0.4, -0.2) is 11.5 Å². The molecule has 0 bridgehead atoms. The highest BCUT2D eigenvalue weighted by Crippen LogP contribution is 2.22. The number of ether oxygens (including phenoxy) is 1. The van der Waals surface area contributed by atoms with Gasteiger partial charge in [0.1, 0.15) is 18.2 Å². The molecule has 0 saturated heterocycles. The van der Waals surface area contributed by atoms with Crippen molar-refractivity contribution in [3.63, 3.8) is 0 Å². The zero-order valence-electron chi connectivity index (χ0n) is 13.1. The first-order chi connectivity index (χ1) is 10.2. The van der Waals surface area contributed by atoms with Crippen LogP contribution in [-0.2, 0) is 6.61 Å². The van der Waals surface area contributed by atoms with Gasteiger partial charge in [0.05, 0.1) is 0 Å². The summed E-state index contributed by atoms with van der Waals surface area (Å²) in [6, 6.07) is 12.3. The Bertz CT molecular complexity index is 567. The Morgan fingerprint density at radius 2 is 2.05 bits per heavy atom. The lowest BCUT2D eigenvalue weighted by atomic mass is 10.0. The molecular weight excluding hydrogens is 260 g/mol. The van der Waals surface area contributed by atoms with Crippen LogP contribution in [0, 0.1) is 0 Å². The molecule has 0 amide bonds. The van der Waals surface area contributed by atoms with E-state index in [1.807, 2.05) is 18.2 Å². The maximum Gasteiger partial charge on any atom is 0.132 e. The molecule has 2 aromatic rings. The van der Waals surface area contributed by atoms with Gasteiger partial charge in [-0.2, -0.15) is 0 Å². The molecule has 3 nitrogen and oxygen atoms in total. The van der Waals surface area contributed by atoms with Crippen LogP contribution in [0.1, 0.15) is 44.2 Å². The quantitative estimate of drug-likeness (QED) is 0.806.